The van der Waals surface area contributed by atoms with Crippen molar-refractivity contribution in [1.82, 2.24) is 19.5 Å². The van der Waals surface area contributed by atoms with Gasteiger partial charge in [-0.25, -0.2) is 9.97 Å². The molecule has 1 aromatic carbocycles. The standard InChI is InChI=1S/C17H17N5O/c23-17(21-14-10-18-13-8-4-5-9-22(13)14)16-15(19-11-20-16)12-6-2-1-3-7-12/h1-3,6-7,10-11H,4-5,8-9H2,(H,19,20)(H,21,23). The molecule has 0 spiro atoms. The second-order valence-corrected chi connectivity index (χ2v) is 5.61. The number of aromatic amines is 1. The predicted octanol–water partition coefficient (Wildman–Crippen LogP) is 2.86. The molecule has 0 aliphatic carbocycles. The first-order valence-electron chi connectivity index (χ1n) is 7.77. The van der Waals surface area contributed by atoms with Crippen LogP contribution in [-0.4, -0.2) is 25.4 Å². The van der Waals surface area contributed by atoms with E-state index in [2.05, 4.69) is 24.8 Å². The molecule has 0 radical (unpaired) electrons. The molecule has 0 saturated heterocycles. The highest BCUT2D eigenvalue weighted by Gasteiger charge is 2.19. The summed E-state index contributed by atoms with van der Waals surface area (Å²) in [6.45, 7) is 0.902. The number of anilines is 1. The van der Waals surface area contributed by atoms with E-state index in [4.69, 9.17) is 0 Å². The number of amides is 1. The second-order valence-electron chi connectivity index (χ2n) is 5.61. The van der Waals surface area contributed by atoms with E-state index in [1.54, 1.807) is 12.5 Å². The normalized spacial score (nSPS) is 13.6. The first-order chi connectivity index (χ1) is 11.3. The highest BCUT2D eigenvalue weighted by molar-refractivity contribution is 6.06. The Hall–Kier alpha value is -2.89. The number of hydrogen-bond donors (Lipinski definition) is 2. The smallest absolute Gasteiger partial charge is 0.275 e. The number of aryl methyl sites for hydroxylation is 1. The summed E-state index contributed by atoms with van der Waals surface area (Å²) in [4.78, 5) is 24.3. The molecular formula is C17H17N5O. The van der Waals surface area contributed by atoms with Crippen molar-refractivity contribution in [3.8, 4) is 11.3 Å². The average molecular weight is 307 g/mol. The molecule has 2 N–H and O–H groups in total. The molecule has 0 bridgehead atoms. The number of H-pyrrole nitrogens is 1. The van der Waals surface area contributed by atoms with Crippen LogP contribution in [-0.2, 0) is 13.0 Å². The Morgan fingerprint density at radius 1 is 1.17 bits per heavy atom. The zero-order valence-electron chi connectivity index (χ0n) is 12.6. The first kappa shape index (κ1) is 13.8. The van der Waals surface area contributed by atoms with Crippen molar-refractivity contribution < 1.29 is 4.79 Å². The van der Waals surface area contributed by atoms with Crippen molar-refractivity contribution in [2.45, 2.75) is 25.8 Å². The monoisotopic (exact) mass is 307 g/mol. The van der Waals surface area contributed by atoms with Gasteiger partial charge in [-0.1, -0.05) is 30.3 Å². The van der Waals surface area contributed by atoms with Gasteiger partial charge in [-0.3, -0.25) is 4.79 Å². The van der Waals surface area contributed by atoms with Crippen LogP contribution >= 0.6 is 0 Å². The second kappa shape index (κ2) is 5.72. The van der Waals surface area contributed by atoms with Gasteiger partial charge in [0.1, 0.15) is 23.0 Å². The molecule has 0 atom stereocenters. The maximum atomic E-state index is 12.6. The highest BCUT2D eigenvalue weighted by atomic mass is 16.2. The molecule has 6 heteroatoms. The van der Waals surface area contributed by atoms with Crippen molar-refractivity contribution >= 4 is 11.7 Å². The third kappa shape index (κ3) is 2.52. The van der Waals surface area contributed by atoms with Crippen LogP contribution in [0, 0.1) is 0 Å². The maximum absolute atomic E-state index is 12.6. The summed E-state index contributed by atoms with van der Waals surface area (Å²) in [5.74, 6) is 1.59. The number of aromatic nitrogens is 4. The van der Waals surface area contributed by atoms with Crippen molar-refractivity contribution in [2.75, 3.05) is 5.32 Å². The zero-order chi connectivity index (χ0) is 15.6. The first-order valence-corrected chi connectivity index (χ1v) is 7.77. The van der Waals surface area contributed by atoms with E-state index in [-0.39, 0.29) is 5.91 Å². The van der Waals surface area contributed by atoms with Crippen molar-refractivity contribution in [3.05, 3.63) is 54.4 Å². The van der Waals surface area contributed by atoms with Crippen LogP contribution < -0.4 is 5.32 Å². The van der Waals surface area contributed by atoms with E-state index in [1.807, 2.05) is 30.3 Å². The Morgan fingerprint density at radius 3 is 2.91 bits per heavy atom. The molecule has 116 valence electrons. The van der Waals surface area contributed by atoms with Crippen molar-refractivity contribution in [2.24, 2.45) is 0 Å². The molecule has 0 fully saturated rings. The van der Waals surface area contributed by atoms with Gasteiger partial charge in [0, 0.05) is 18.5 Å². The number of fused-ring (bicyclic) bond motifs is 1. The lowest BCUT2D eigenvalue weighted by Gasteiger charge is -2.16. The number of rotatable bonds is 3. The summed E-state index contributed by atoms with van der Waals surface area (Å²) in [6.07, 6.45) is 6.52. The van der Waals surface area contributed by atoms with E-state index >= 15 is 0 Å². The van der Waals surface area contributed by atoms with E-state index in [0.29, 0.717) is 11.4 Å². The number of carbonyl (C=O) groups is 1. The van der Waals surface area contributed by atoms with Gasteiger partial charge in [0.15, 0.2) is 0 Å². The van der Waals surface area contributed by atoms with Crippen LogP contribution in [0.25, 0.3) is 11.3 Å². The molecule has 1 aliphatic rings. The van der Waals surface area contributed by atoms with Crippen LogP contribution in [0.4, 0.5) is 5.82 Å². The molecule has 2 aromatic heterocycles. The Kier molecular flexibility index (Phi) is 3.42. The minimum Gasteiger partial charge on any atom is -0.340 e. The Morgan fingerprint density at radius 2 is 2.04 bits per heavy atom. The fraction of sp³-hybridized carbons (Fsp3) is 0.235. The number of hydrogen-bond acceptors (Lipinski definition) is 3. The number of nitrogens with one attached hydrogen (secondary N) is 2. The van der Waals surface area contributed by atoms with Gasteiger partial charge in [0.2, 0.25) is 0 Å². The minimum absolute atomic E-state index is 0.199. The van der Waals surface area contributed by atoms with E-state index in [9.17, 15) is 4.79 Å². The molecule has 1 aliphatic heterocycles. The summed E-state index contributed by atoms with van der Waals surface area (Å²) in [5.41, 5.74) is 2.03. The van der Waals surface area contributed by atoms with E-state index < -0.39 is 0 Å². The largest absolute Gasteiger partial charge is 0.340 e. The Bertz CT molecular complexity index is 834. The van der Waals surface area contributed by atoms with Crippen LogP contribution in [0.15, 0.2) is 42.9 Å². The molecule has 0 unspecified atom stereocenters. The fourth-order valence-corrected chi connectivity index (χ4v) is 2.98. The van der Waals surface area contributed by atoms with Gasteiger partial charge in [-0.05, 0) is 12.8 Å². The molecule has 3 aromatic rings. The van der Waals surface area contributed by atoms with Gasteiger partial charge in [-0.15, -0.1) is 0 Å². The van der Waals surface area contributed by atoms with Crippen molar-refractivity contribution in [3.63, 3.8) is 0 Å². The van der Waals surface area contributed by atoms with E-state index in [1.165, 1.54) is 0 Å². The lowest BCUT2D eigenvalue weighted by molar-refractivity contribution is 0.102. The van der Waals surface area contributed by atoms with Gasteiger partial charge < -0.3 is 14.9 Å². The lowest BCUT2D eigenvalue weighted by Crippen LogP contribution is -2.19. The fourth-order valence-electron chi connectivity index (χ4n) is 2.98. The lowest BCUT2D eigenvalue weighted by atomic mass is 10.1. The average Bonchev–Trinajstić information content (AvgIpc) is 3.23. The number of nitrogens with zero attached hydrogens (tertiary/aromatic N) is 3. The van der Waals surface area contributed by atoms with Crippen molar-refractivity contribution in [1.29, 1.82) is 0 Å². The quantitative estimate of drug-likeness (QED) is 0.781. The van der Waals surface area contributed by atoms with Crippen LogP contribution in [0.3, 0.4) is 0 Å². The summed E-state index contributed by atoms with van der Waals surface area (Å²) in [7, 11) is 0. The van der Waals surface area contributed by atoms with Gasteiger partial charge in [0.05, 0.1) is 12.5 Å². The van der Waals surface area contributed by atoms with Crippen LogP contribution in [0.1, 0.15) is 29.2 Å². The third-order valence-electron chi connectivity index (χ3n) is 4.13. The topological polar surface area (TPSA) is 75.6 Å². The Balaban J connectivity index is 1.61. The van der Waals surface area contributed by atoms with Gasteiger partial charge in [0.25, 0.3) is 5.91 Å². The summed E-state index contributed by atoms with van der Waals surface area (Å²) >= 11 is 0. The molecule has 6 nitrogen and oxygen atoms in total. The number of carbonyl (C=O) groups excluding carboxylic acids is 1. The molecular weight excluding hydrogens is 290 g/mol. The highest BCUT2D eigenvalue weighted by Crippen LogP contribution is 2.23. The number of benzene rings is 1. The summed E-state index contributed by atoms with van der Waals surface area (Å²) in [5, 5.41) is 2.95. The number of imidazole rings is 2. The summed E-state index contributed by atoms with van der Waals surface area (Å²) in [6, 6.07) is 9.67. The zero-order valence-corrected chi connectivity index (χ0v) is 12.6. The van der Waals surface area contributed by atoms with Crippen LogP contribution in [0.5, 0.6) is 0 Å². The predicted molar refractivity (Wildman–Crippen MR) is 87.1 cm³/mol. The molecule has 23 heavy (non-hydrogen) atoms. The SMILES string of the molecule is O=C(Nc1cnc2n1CCCC2)c1[nH]cnc1-c1ccccc1. The van der Waals surface area contributed by atoms with Gasteiger partial charge >= 0.3 is 0 Å². The van der Waals surface area contributed by atoms with E-state index in [0.717, 1.165) is 43.0 Å². The summed E-state index contributed by atoms with van der Waals surface area (Å²) < 4.78 is 2.08. The molecule has 0 saturated carbocycles. The molecule has 1 amide bonds. The maximum Gasteiger partial charge on any atom is 0.275 e. The molecule has 4 rings (SSSR count). The van der Waals surface area contributed by atoms with Crippen LogP contribution in [0.2, 0.25) is 0 Å². The Labute approximate surface area is 133 Å². The minimum atomic E-state index is -0.199. The van der Waals surface area contributed by atoms with Gasteiger partial charge in [-0.2, -0.15) is 0 Å². The molecule has 3 heterocycles. The third-order valence-corrected chi connectivity index (χ3v) is 4.13.